The molecule has 0 bridgehead atoms. The maximum atomic E-state index is 13.7. The van der Waals surface area contributed by atoms with Crippen molar-refractivity contribution in [2.24, 2.45) is 11.3 Å². The molecular weight excluding hydrogens is 360 g/mol. The van der Waals surface area contributed by atoms with E-state index in [2.05, 4.69) is 54.4 Å². The van der Waals surface area contributed by atoms with Gasteiger partial charge in [-0.15, -0.1) is 0 Å². The normalized spacial score (nSPS) is 29.5. The predicted molar refractivity (Wildman–Crippen MR) is 117 cm³/mol. The first-order valence-corrected chi connectivity index (χ1v) is 11.8. The number of likely N-dealkylation sites (tertiary alicyclic amines) is 1. The second kappa shape index (κ2) is 9.18. The van der Waals surface area contributed by atoms with Crippen molar-refractivity contribution in [1.29, 1.82) is 0 Å². The van der Waals surface area contributed by atoms with Gasteiger partial charge in [0, 0.05) is 38.4 Å². The van der Waals surface area contributed by atoms with Crippen molar-refractivity contribution >= 4 is 5.91 Å². The Hall–Kier alpha value is -1.39. The lowest BCUT2D eigenvalue weighted by molar-refractivity contribution is -0.146. The summed E-state index contributed by atoms with van der Waals surface area (Å²) in [6, 6.07) is 11.9. The first kappa shape index (κ1) is 20.9. The third kappa shape index (κ3) is 4.54. The fraction of sp³-hybridized carbons (Fsp3) is 0.720. The zero-order chi connectivity index (χ0) is 20.3. The molecule has 1 aromatic rings. The number of ether oxygens (including phenoxy) is 1. The molecule has 0 aromatic heterocycles. The smallest absolute Gasteiger partial charge is 0.229 e. The van der Waals surface area contributed by atoms with Gasteiger partial charge in [-0.25, -0.2) is 0 Å². The van der Waals surface area contributed by atoms with Crippen LogP contribution in [0.25, 0.3) is 0 Å². The van der Waals surface area contributed by atoms with Gasteiger partial charge < -0.3 is 15.0 Å². The SMILES string of the molecule is CC(C)[C@]1(C(=O)N2CCC(c3ccccc3)CC2)CC[C@@H](NC2CCOCC2)C1. The van der Waals surface area contributed by atoms with Crippen LogP contribution in [0.2, 0.25) is 0 Å². The van der Waals surface area contributed by atoms with Gasteiger partial charge in [-0.3, -0.25) is 4.79 Å². The molecule has 4 nitrogen and oxygen atoms in total. The molecular formula is C25H38N2O2. The average molecular weight is 399 g/mol. The minimum absolute atomic E-state index is 0.178. The van der Waals surface area contributed by atoms with Crippen LogP contribution in [-0.2, 0) is 9.53 Å². The highest BCUT2D eigenvalue weighted by Gasteiger charge is 2.49. The van der Waals surface area contributed by atoms with Gasteiger partial charge in [0.15, 0.2) is 0 Å². The van der Waals surface area contributed by atoms with E-state index in [1.165, 1.54) is 5.56 Å². The highest BCUT2D eigenvalue weighted by Crippen LogP contribution is 2.47. The number of rotatable bonds is 5. The third-order valence-electron chi connectivity index (χ3n) is 7.83. The molecule has 0 unspecified atom stereocenters. The summed E-state index contributed by atoms with van der Waals surface area (Å²) >= 11 is 0. The van der Waals surface area contributed by atoms with Crippen molar-refractivity contribution in [2.45, 2.75) is 76.8 Å². The van der Waals surface area contributed by atoms with E-state index in [9.17, 15) is 4.79 Å². The standard InChI is InChI=1S/C25H38N2O2/c1-19(2)25(13-8-23(18-25)26-22-11-16-29-17-12-22)24(28)27-14-9-21(10-15-27)20-6-4-3-5-7-20/h3-7,19,21-23,26H,8-18H2,1-2H3/t23-,25+/m1/s1. The Balaban J connectivity index is 1.37. The Labute approximate surface area is 176 Å². The third-order valence-corrected chi connectivity index (χ3v) is 7.83. The Morgan fingerprint density at radius 2 is 1.72 bits per heavy atom. The fourth-order valence-corrected chi connectivity index (χ4v) is 5.84. The molecule has 1 saturated carbocycles. The van der Waals surface area contributed by atoms with Crippen molar-refractivity contribution in [3.63, 3.8) is 0 Å². The van der Waals surface area contributed by atoms with Crippen LogP contribution >= 0.6 is 0 Å². The Kier molecular flexibility index (Phi) is 6.60. The second-order valence-electron chi connectivity index (χ2n) is 9.78. The van der Waals surface area contributed by atoms with Crippen LogP contribution < -0.4 is 5.32 Å². The molecule has 160 valence electrons. The van der Waals surface area contributed by atoms with E-state index in [0.717, 1.165) is 71.2 Å². The molecule has 3 fully saturated rings. The maximum absolute atomic E-state index is 13.7. The summed E-state index contributed by atoms with van der Waals surface area (Å²) in [6.07, 6.45) is 7.55. The first-order chi connectivity index (χ1) is 14.1. The van der Waals surface area contributed by atoms with Crippen LogP contribution in [-0.4, -0.2) is 49.2 Å². The van der Waals surface area contributed by atoms with Crippen molar-refractivity contribution in [2.75, 3.05) is 26.3 Å². The Bertz CT molecular complexity index is 663. The lowest BCUT2D eigenvalue weighted by Crippen LogP contribution is -2.49. The average Bonchev–Trinajstić information content (AvgIpc) is 3.20. The van der Waals surface area contributed by atoms with Crippen LogP contribution in [0.3, 0.4) is 0 Å². The van der Waals surface area contributed by atoms with E-state index < -0.39 is 0 Å². The quantitative estimate of drug-likeness (QED) is 0.801. The molecule has 1 aromatic carbocycles. The minimum Gasteiger partial charge on any atom is -0.381 e. The number of hydrogen-bond acceptors (Lipinski definition) is 3. The zero-order valence-corrected chi connectivity index (χ0v) is 18.2. The van der Waals surface area contributed by atoms with Crippen LogP contribution in [0.15, 0.2) is 30.3 Å². The van der Waals surface area contributed by atoms with Gasteiger partial charge >= 0.3 is 0 Å². The van der Waals surface area contributed by atoms with Crippen LogP contribution in [0.1, 0.15) is 70.3 Å². The Morgan fingerprint density at radius 1 is 1.03 bits per heavy atom. The highest BCUT2D eigenvalue weighted by atomic mass is 16.5. The molecule has 4 heteroatoms. The van der Waals surface area contributed by atoms with Gasteiger partial charge in [0.2, 0.25) is 5.91 Å². The summed E-state index contributed by atoms with van der Waals surface area (Å²) in [7, 11) is 0. The second-order valence-corrected chi connectivity index (χ2v) is 9.78. The zero-order valence-electron chi connectivity index (χ0n) is 18.2. The molecule has 29 heavy (non-hydrogen) atoms. The number of carbonyl (C=O) groups excluding carboxylic acids is 1. The van der Waals surface area contributed by atoms with Crippen molar-refractivity contribution in [3.8, 4) is 0 Å². The van der Waals surface area contributed by atoms with Crippen LogP contribution in [0.5, 0.6) is 0 Å². The Morgan fingerprint density at radius 3 is 2.38 bits per heavy atom. The lowest BCUT2D eigenvalue weighted by atomic mass is 9.73. The summed E-state index contributed by atoms with van der Waals surface area (Å²) in [5, 5.41) is 3.86. The van der Waals surface area contributed by atoms with E-state index in [1.54, 1.807) is 0 Å². The van der Waals surface area contributed by atoms with Crippen molar-refractivity contribution in [3.05, 3.63) is 35.9 Å². The number of carbonyl (C=O) groups is 1. The van der Waals surface area contributed by atoms with E-state index in [0.29, 0.717) is 29.8 Å². The summed E-state index contributed by atoms with van der Waals surface area (Å²) in [6.45, 7) is 8.07. The molecule has 0 spiro atoms. The van der Waals surface area contributed by atoms with Gasteiger partial charge in [0.05, 0.1) is 5.41 Å². The monoisotopic (exact) mass is 398 g/mol. The molecule has 2 saturated heterocycles. The molecule has 1 aliphatic carbocycles. The first-order valence-electron chi connectivity index (χ1n) is 11.8. The van der Waals surface area contributed by atoms with E-state index in [-0.39, 0.29) is 5.41 Å². The van der Waals surface area contributed by atoms with Gasteiger partial charge in [0.25, 0.3) is 0 Å². The highest BCUT2D eigenvalue weighted by molar-refractivity contribution is 5.83. The molecule has 2 heterocycles. The van der Waals surface area contributed by atoms with Gasteiger partial charge in [0.1, 0.15) is 0 Å². The van der Waals surface area contributed by atoms with Gasteiger partial charge in [-0.1, -0.05) is 44.2 Å². The van der Waals surface area contributed by atoms with E-state index in [1.807, 2.05) is 0 Å². The molecule has 1 N–H and O–H groups in total. The van der Waals surface area contributed by atoms with Crippen LogP contribution in [0, 0.1) is 11.3 Å². The summed E-state index contributed by atoms with van der Waals surface area (Å²) in [4.78, 5) is 15.9. The summed E-state index contributed by atoms with van der Waals surface area (Å²) in [5.41, 5.74) is 1.25. The topological polar surface area (TPSA) is 41.6 Å². The van der Waals surface area contributed by atoms with Crippen molar-refractivity contribution in [1.82, 2.24) is 10.2 Å². The van der Waals surface area contributed by atoms with Gasteiger partial charge in [-0.05, 0) is 62.3 Å². The molecule has 2 atom stereocenters. The predicted octanol–water partition coefficient (Wildman–Crippen LogP) is 4.36. The fourth-order valence-electron chi connectivity index (χ4n) is 5.84. The molecule has 3 aliphatic rings. The van der Waals surface area contributed by atoms with Crippen LogP contribution in [0.4, 0.5) is 0 Å². The molecule has 4 rings (SSSR count). The number of hydrogen-bond donors (Lipinski definition) is 1. The lowest BCUT2D eigenvalue weighted by Gasteiger charge is -2.41. The summed E-state index contributed by atoms with van der Waals surface area (Å²) in [5.74, 6) is 1.42. The number of amides is 1. The maximum Gasteiger partial charge on any atom is 0.229 e. The number of nitrogens with zero attached hydrogens (tertiary/aromatic N) is 1. The number of benzene rings is 1. The molecule has 2 aliphatic heterocycles. The number of piperidine rings is 1. The molecule has 0 radical (unpaired) electrons. The van der Waals surface area contributed by atoms with E-state index in [4.69, 9.17) is 4.74 Å². The van der Waals surface area contributed by atoms with Gasteiger partial charge in [-0.2, -0.15) is 0 Å². The minimum atomic E-state index is -0.178. The van der Waals surface area contributed by atoms with E-state index >= 15 is 0 Å². The van der Waals surface area contributed by atoms with Crippen molar-refractivity contribution < 1.29 is 9.53 Å². The number of nitrogens with one attached hydrogen (secondary N) is 1. The largest absolute Gasteiger partial charge is 0.381 e. The molecule has 1 amide bonds. The summed E-state index contributed by atoms with van der Waals surface area (Å²) < 4.78 is 5.50.